The number of esters is 1. The maximum atomic E-state index is 12.9. The number of carbonyl (C=O) groups is 2. The molecule has 1 amide bonds. The second kappa shape index (κ2) is 10.5. The Morgan fingerprint density at radius 1 is 1.12 bits per heavy atom. The van der Waals surface area contributed by atoms with E-state index < -0.39 is 16.0 Å². The number of benzene rings is 1. The van der Waals surface area contributed by atoms with Crippen molar-refractivity contribution in [1.82, 2.24) is 4.31 Å². The Morgan fingerprint density at radius 2 is 1.79 bits per heavy atom. The van der Waals surface area contributed by atoms with E-state index in [0.29, 0.717) is 48.0 Å². The first-order valence-electron chi connectivity index (χ1n) is 10.5. The molecule has 3 rings (SSSR count). The van der Waals surface area contributed by atoms with Crippen LogP contribution in [0.4, 0.5) is 5.69 Å². The largest absolute Gasteiger partial charge is 0.493 e. The molecule has 0 spiro atoms. The highest BCUT2D eigenvalue weighted by Gasteiger charge is 2.30. The Hall–Kier alpha value is -2.63. The molecule has 9 nitrogen and oxygen atoms in total. The van der Waals surface area contributed by atoms with Crippen LogP contribution in [0.5, 0.6) is 11.5 Å². The van der Waals surface area contributed by atoms with Crippen molar-refractivity contribution in [2.45, 2.75) is 19.8 Å². The first-order chi connectivity index (χ1) is 15.7. The van der Waals surface area contributed by atoms with Crippen molar-refractivity contribution in [1.29, 1.82) is 0 Å². The molecule has 33 heavy (non-hydrogen) atoms. The lowest BCUT2D eigenvalue weighted by Gasteiger charge is -2.29. The molecule has 11 heteroatoms. The molecule has 2 aromatic rings. The number of anilines is 1. The van der Waals surface area contributed by atoms with Gasteiger partial charge in [0.15, 0.2) is 11.5 Å². The van der Waals surface area contributed by atoms with Crippen LogP contribution in [0, 0.1) is 5.92 Å². The van der Waals surface area contributed by atoms with Crippen LogP contribution in [0.3, 0.4) is 0 Å². The van der Waals surface area contributed by atoms with Gasteiger partial charge in [0, 0.05) is 23.9 Å². The van der Waals surface area contributed by atoms with E-state index in [-0.39, 0.29) is 18.4 Å². The molecule has 1 aromatic heterocycles. The average Bonchev–Trinajstić information content (AvgIpc) is 3.22. The van der Waals surface area contributed by atoms with E-state index in [0.717, 1.165) is 10.4 Å². The van der Waals surface area contributed by atoms with Gasteiger partial charge in [-0.05, 0) is 49.6 Å². The van der Waals surface area contributed by atoms with Gasteiger partial charge in [0.2, 0.25) is 15.9 Å². The summed E-state index contributed by atoms with van der Waals surface area (Å²) < 4.78 is 40.6. The van der Waals surface area contributed by atoms with Crippen molar-refractivity contribution in [2.75, 3.05) is 45.5 Å². The summed E-state index contributed by atoms with van der Waals surface area (Å²) in [6.45, 7) is 2.51. The van der Waals surface area contributed by atoms with Crippen LogP contribution < -0.4 is 14.8 Å². The number of methoxy groups -OCH3 is 2. The zero-order chi connectivity index (χ0) is 24.2. The second-order valence-electron chi connectivity index (χ2n) is 7.57. The third kappa shape index (κ3) is 5.84. The molecule has 0 unspecified atom stereocenters. The molecule has 0 bridgehead atoms. The van der Waals surface area contributed by atoms with Crippen molar-refractivity contribution in [3.05, 3.63) is 29.1 Å². The van der Waals surface area contributed by atoms with Crippen LogP contribution >= 0.6 is 11.3 Å². The van der Waals surface area contributed by atoms with E-state index in [2.05, 4.69) is 5.32 Å². The Labute approximate surface area is 197 Å². The van der Waals surface area contributed by atoms with Crippen molar-refractivity contribution in [2.24, 2.45) is 5.92 Å². The zero-order valence-electron chi connectivity index (χ0n) is 19.0. The van der Waals surface area contributed by atoms with Gasteiger partial charge in [0.25, 0.3) is 0 Å². The number of sulfonamides is 1. The van der Waals surface area contributed by atoms with Crippen molar-refractivity contribution in [3.8, 4) is 21.9 Å². The van der Waals surface area contributed by atoms with Crippen LogP contribution in [-0.4, -0.2) is 64.8 Å². The number of hydrogen-bond acceptors (Lipinski definition) is 8. The van der Waals surface area contributed by atoms with Gasteiger partial charge < -0.3 is 19.5 Å². The normalized spacial score (nSPS) is 15.2. The quantitative estimate of drug-likeness (QED) is 0.559. The molecule has 0 saturated carbocycles. The fourth-order valence-corrected chi connectivity index (χ4v) is 5.53. The summed E-state index contributed by atoms with van der Waals surface area (Å²) >= 11 is 1.21. The maximum absolute atomic E-state index is 12.9. The standard InChI is InChI=1S/C22H28N2O7S2/c1-5-31-22(26)20-16(23-21(25)14-8-10-24(11-9-14)33(4,27)28)13-19(32-20)15-6-7-17(29-2)18(12-15)30-3/h6-7,12-14H,5,8-11H2,1-4H3,(H,23,25). The number of thiophene rings is 1. The highest BCUT2D eigenvalue weighted by molar-refractivity contribution is 7.88. The Balaban J connectivity index is 1.85. The lowest BCUT2D eigenvalue weighted by molar-refractivity contribution is -0.120. The lowest BCUT2D eigenvalue weighted by Crippen LogP contribution is -2.40. The summed E-state index contributed by atoms with van der Waals surface area (Å²) in [5, 5.41) is 2.86. The Morgan fingerprint density at radius 3 is 2.36 bits per heavy atom. The topological polar surface area (TPSA) is 111 Å². The van der Waals surface area contributed by atoms with E-state index in [1.54, 1.807) is 39.3 Å². The van der Waals surface area contributed by atoms with E-state index in [4.69, 9.17) is 14.2 Å². The number of carbonyl (C=O) groups excluding carboxylic acids is 2. The molecular weight excluding hydrogens is 468 g/mol. The fourth-order valence-electron chi connectivity index (χ4n) is 3.65. The smallest absolute Gasteiger partial charge is 0.350 e. The van der Waals surface area contributed by atoms with Gasteiger partial charge in [0.1, 0.15) is 4.88 Å². The molecule has 1 aliphatic heterocycles. The highest BCUT2D eigenvalue weighted by Crippen LogP contribution is 2.39. The molecule has 1 aromatic carbocycles. The monoisotopic (exact) mass is 496 g/mol. The van der Waals surface area contributed by atoms with Crippen LogP contribution in [0.2, 0.25) is 0 Å². The fraction of sp³-hybridized carbons (Fsp3) is 0.455. The zero-order valence-corrected chi connectivity index (χ0v) is 20.7. The number of rotatable bonds is 8. The first-order valence-corrected chi connectivity index (χ1v) is 13.1. The highest BCUT2D eigenvalue weighted by atomic mass is 32.2. The molecule has 1 aliphatic rings. The van der Waals surface area contributed by atoms with Crippen LogP contribution in [0.25, 0.3) is 10.4 Å². The third-order valence-electron chi connectivity index (χ3n) is 5.41. The van der Waals surface area contributed by atoms with E-state index in [1.165, 1.54) is 21.9 Å². The van der Waals surface area contributed by atoms with Gasteiger partial charge in [-0.3, -0.25) is 4.79 Å². The van der Waals surface area contributed by atoms with Crippen LogP contribution in [0.15, 0.2) is 24.3 Å². The minimum atomic E-state index is -3.27. The molecule has 1 N–H and O–H groups in total. The molecule has 0 atom stereocenters. The average molecular weight is 497 g/mol. The summed E-state index contributed by atoms with van der Waals surface area (Å²) in [6.07, 6.45) is 2.00. The van der Waals surface area contributed by atoms with E-state index in [1.807, 2.05) is 6.07 Å². The third-order valence-corrected chi connectivity index (χ3v) is 7.88. The minimum Gasteiger partial charge on any atom is -0.493 e. The predicted molar refractivity (Wildman–Crippen MR) is 127 cm³/mol. The van der Waals surface area contributed by atoms with Gasteiger partial charge in [-0.2, -0.15) is 0 Å². The summed E-state index contributed by atoms with van der Waals surface area (Å²) in [7, 11) is -0.180. The van der Waals surface area contributed by atoms with Gasteiger partial charge in [-0.25, -0.2) is 17.5 Å². The Bertz CT molecular complexity index is 1120. The Kier molecular flexibility index (Phi) is 7.98. The molecule has 2 heterocycles. The predicted octanol–water partition coefficient (Wildman–Crippen LogP) is 3.22. The lowest BCUT2D eigenvalue weighted by atomic mass is 9.97. The number of hydrogen-bond donors (Lipinski definition) is 1. The second-order valence-corrected chi connectivity index (χ2v) is 10.6. The summed E-state index contributed by atoms with van der Waals surface area (Å²) in [6, 6.07) is 7.15. The van der Waals surface area contributed by atoms with Gasteiger partial charge in [-0.1, -0.05) is 0 Å². The van der Waals surface area contributed by atoms with Crippen LogP contribution in [-0.2, 0) is 19.6 Å². The SMILES string of the molecule is CCOC(=O)c1sc(-c2ccc(OC)c(OC)c2)cc1NC(=O)C1CCN(S(C)(=O)=O)CC1. The molecule has 1 fully saturated rings. The number of nitrogens with one attached hydrogen (secondary N) is 1. The number of nitrogens with zero attached hydrogens (tertiary/aromatic N) is 1. The molecule has 1 saturated heterocycles. The van der Waals surface area contributed by atoms with E-state index >= 15 is 0 Å². The van der Waals surface area contributed by atoms with Crippen molar-refractivity contribution < 1.29 is 32.2 Å². The molecule has 0 radical (unpaired) electrons. The number of amides is 1. The summed E-state index contributed by atoms with van der Waals surface area (Å²) in [5.74, 6) is 0.0194. The number of piperidine rings is 1. The molecule has 0 aliphatic carbocycles. The van der Waals surface area contributed by atoms with Crippen LogP contribution in [0.1, 0.15) is 29.4 Å². The van der Waals surface area contributed by atoms with Gasteiger partial charge >= 0.3 is 5.97 Å². The van der Waals surface area contributed by atoms with Gasteiger partial charge in [-0.15, -0.1) is 11.3 Å². The summed E-state index contributed by atoms with van der Waals surface area (Å²) in [4.78, 5) is 26.5. The molecular formula is C22H28N2O7S2. The molecule has 180 valence electrons. The van der Waals surface area contributed by atoms with Crippen molar-refractivity contribution >= 4 is 38.9 Å². The minimum absolute atomic E-state index is 0.208. The first kappa shape index (κ1) is 25.0. The summed E-state index contributed by atoms with van der Waals surface area (Å²) in [5.41, 5.74) is 1.17. The maximum Gasteiger partial charge on any atom is 0.350 e. The van der Waals surface area contributed by atoms with Crippen molar-refractivity contribution in [3.63, 3.8) is 0 Å². The van der Waals surface area contributed by atoms with Gasteiger partial charge in [0.05, 0.1) is 32.8 Å². The van der Waals surface area contributed by atoms with E-state index in [9.17, 15) is 18.0 Å². The number of ether oxygens (including phenoxy) is 3.